The molecule has 2 nitrogen and oxygen atoms in total. The first-order valence-corrected chi connectivity index (χ1v) is 9.36. The van der Waals surface area contributed by atoms with Gasteiger partial charge >= 0.3 is 0 Å². The maximum absolute atomic E-state index is 10.2. The molecule has 0 unspecified atom stereocenters. The van der Waals surface area contributed by atoms with Gasteiger partial charge in [-0.05, 0) is 58.6 Å². The van der Waals surface area contributed by atoms with E-state index in [1.807, 2.05) is 24.3 Å². The summed E-state index contributed by atoms with van der Waals surface area (Å²) in [5.41, 5.74) is 4.45. The molecule has 2 aromatic carbocycles. The van der Waals surface area contributed by atoms with Crippen LogP contribution in [0.15, 0.2) is 36.4 Å². The number of phenols is 2. The van der Waals surface area contributed by atoms with Crippen molar-refractivity contribution in [1.82, 2.24) is 0 Å². The zero-order chi connectivity index (χ0) is 18.7. The Kier molecular flexibility index (Phi) is 6.16. The van der Waals surface area contributed by atoms with Gasteiger partial charge in [-0.3, -0.25) is 0 Å². The van der Waals surface area contributed by atoms with Crippen molar-refractivity contribution in [2.45, 2.75) is 65.7 Å². The Morgan fingerprint density at radius 1 is 0.680 bits per heavy atom. The summed E-state index contributed by atoms with van der Waals surface area (Å²) in [5.74, 6) is 2.12. The molecular weight excluding hydrogens is 308 g/mol. The normalized spacial score (nSPS) is 11.9. The van der Waals surface area contributed by atoms with Gasteiger partial charge in [0.05, 0.1) is 0 Å². The van der Waals surface area contributed by atoms with E-state index in [1.54, 1.807) is 0 Å². The summed E-state index contributed by atoms with van der Waals surface area (Å²) in [5, 5.41) is 20.3. The number of rotatable bonds is 6. The van der Waals surface area contributed by atoms with Crippen LogP contribution in [0.1, 0.15) is 88.0 Å². The lowest BCUT2D eigenvalue weighted by molar-refractivity contribution is 0.463. The highest BCUT2D eigenvalue weighted by Gasteiger charge is 2.20. The predicted molar refractivity (Wildman–Crippen MR) is 106 cm³/mol. The van der Waals surface area contributed by atoms with E-state index < -0.39 is 0 Å². The van der Waals surface area contributed by atoms with Gasteiger partial charge in [-0.1, -0.05) is 65.8 Å². The molecular formula is C23H32O2. The molecule has 0 spiro atoms. The summed E-state index contributed by atoms with van der Waals surface area (Å²) in [7, 11) is 0. The average molecular weight is 341 g/mol. The van der Waals surface area contributed by atoms with Crippen LogP contribution in [0.3, 0.4) is 0 Å². The van der Waals surface area contributed by atoms with Gasteiger partial charge in [0.1, 0.15) is 11.5 Å². The van der Waals surface area contributed by atoms with Crippen LogP contribution in [-0.4, -0.2) is 10.2 Å². The third-order valence-electron chi connectivity index (χ3n) is 4.86. The minimum Gasteiger partial charge on any atom is -0.508 e. The van der Waals surface area contributed by atoms with Gasteiger partial charge < -0.3 is 10.2 Å². The highest BCUT2D eigenvalue weighted by atomic mass is 16.3. The third-order valence-corrected chi connectivity index (χ3v) is 4.86. The second kappa shape index (κ2) is 7.95. The predicted octanol–water partition coefficient (Wildman–Crippen LogP) is 6.52. The fraction of sp³-hybridized carbons (Fsp3) is 0.478. The van der Waals surface area contributed by atoms with Crippen LogP contribution in [0.2, 0.25) is 0 Å². The van der Waals surface area contributed by atoms with E-state index in [9.17, 15) is 10.2 Å². The fourth-order valence-corrected chi connectivity index (χ4v) is 3.44. The summed E-state index contributed by atoms with van der Waals surface area (Å²) < 4.78 is 0. The number of benzene rings is 2. The number of hydrogen-bond acceptors (Lipinski definition) is 2. The molecule has 2 aromatic rings. The van der Waals surface area contributed by atoms with E-state index in [0.717, 1.165) is 17.5 Å². The van der Waals surface area contributed by atoms with E-state index in [1.165, 1.54) is 11.1 Å². The van der Waals surface area contributed by atoms with E-state index >= 15 is 0 Å². The molecule has 0 aromatic heterocycles. The van der Waals surface area contributed by atoms with Crippen molar-refractivity contribution in [3.8, 4) is 11.5 Å². The minimum atomic E-state index is 0.260. The van der Waals surface area contributed by atoms with E-state index in [0.29, 0.717) is 17.4 Å². The first-order valence-electron chi connectivity index (χ1n) is 9.36. The van der Waals surface area contributed by atoms with Crippen molar-refractivity contribution < 1.29 is 10.2 Å². The Morgan fingerprint density at radius 3 is 1.40 bits per heavy atom. The van der Waals surface area contributed by atoms with Gasteiger partial charge in [0.2, 0.25) is 0 Å². The quantitative estimate of drug-likeness (QED) is 0.628. The van der Waals surface area contributed by atoms with E-state index in [4.69, 9.17) is 0 Å². The molecule has 0 aliphatic rings. The Labute approximate surface area is 152 Å². The van der Waals surface area contributed by atoms with Gasteiger partial charge in [-0.15, -0.1) is 0 Å². The van der Waals surface area contributed by atoms with Gasteiger partial charge in [0.25, 0.3) is 0 Å². The van der Waals surface area contributed by atoms with Crippen molar-refractivity contribution in [1.29, 1.82) is 0 Å². The number of hydrogen-bond donors (Lipinski definition) is 2. The van der Waals surface area contributed by atoms with Gasteiger partial charge in [-0.2, -0.15) is 0 Å². The lowest BCUT2D eigenvalue weighted by Crippen LogP contribution is -2.07. The summed E-state index contributed by atoms with van der Waals surface area (Å²) in [6.07, 6.45) is 1.03. The zero-order valence-corrected chi connectivity index (χ0v) is 16.4. The van der Waals surface area contributed by atoms with Crippen molar-refractivity contribution in [3.63, 3.8) is 0 Å². The minimum absolute atomic E-state index is 0.260. The average Bonchev–Trinajstić information content (AvgIpc) is 2.53. The fourth-order valence-electron chi connectivity index (χ4n) is 3.44. The van der Waals surface area contributed by atoms with Gasteiger partial charge in [0.15, 0.2) is 0 Å². The van der Waals surface area contributed by atoms with Crippen molar-refractivity contribution >= 4 is 0 Å². The first-order chi connectivity index (χ1) is 11.7. The van der Waals surface area contributed by atoms with Crippen LogP contribution in [0, 0.1) is 5.92 Å². The molecule has 0 bridgehead atoms. The lowest BCUT2D eigenvalue weighted by atomic mass is 9.82. The van der Waals surface area contributed by atoms with Crippen molar-refractivity contribution in [2.75, 3.05) is 0 Å². The number of aromatic hydroxyl groups is 2. The molecule has 0 heterocycles. The molecule has 0 atom stereocenters. The Bertz CT molecular complexity index is 657. The second-order valence-electron chi connectivity index (χ2n) is 8.13. The lowest BCUT2D eigenvalue weighted by Gasteiger charge is -2.23. The van der Waals surface area contributed by atoms with Gasteiger partial charge in [0, 0.05) is 5.92 Å². The first kappa shape index (κ1) is 19.4. The molecule has 0 amide bonds. The largest absolute Gasteiger partial charge is 0.508 e. The topological polar surface area (TPSA) is 40.5 Å². The monoisotopic (exact) mass is 340 g/mol. The molecule has 0 fully saturated rings. The standard InChI is InChI=1S/C23H32O2/c1-14(2)11-21(17-7-9-22(24)19(12-17)15(3)4)18-8-10-23(25)20(13-18)16(5)6/h7-10,12-16,21,24-25H,11H2,1-6H3. The third kappa shape index (κ3) is 4.56. The van der Waals surface area contributed by atoms with E-state index in [-0.39, 0.29) is 17.8 Å². The highest BCUT2D eigenvalue weighted by molar-refractivity contribution is 5.45. The Balaban J connectivity index is 2.54. The maximum atomic E-state index is 10.2. The van der Waals surface area contributed by atoms with Crippen LogP contribution in [0.5, 0.6) is 11.5 Å². The van der Waals surface area contributed by atoms with Crippen LogP contribution >= 0.6 is 0 Å². The smallest absolute Gasteiger partial charge is 0.119 e. The van der Waals surface area contributed by atoms with E-state index in [2.05, 4.69) is 53.7 Å². The Morgan fingerprint density at radius 2 is 1.08 bits per heavy atom. The molecule has 0 aliphatic heterocycles. The summed E-state index contributed by atoms with van der Waals surface area (Å²) >= 11 is 0. The molecule has 0 aliphatic carbocycles. The summed E-state index contributed by atoms with van der Waals surface area (Å²) in [4.78, 5) is 0. The molecule has 2 heteroatoms. The van der Waals surface area contributed by atoms with Crippen LogP contribution < -0.4 is 0 Å². The SMILES string of the molecule is CC(C)CC(c1ccc(O)c(C(C)C)c1)c1ccc(O)c(C(C)C)c1. The molecule has 25 heavy (non-hydrogen) atoms. The molecule has 0 radical (unpaired) electrons. The van der Waals surface area contributed by atoms with Crippen LogP contribution in [0.25, 0.3) is 0 Å². The van der Waals surface area contributed by atoms with Crippen LogP contribution in [0.4, 0.5) is 0 Å². The molecule has 136 valence electrons. The summed E-state index contributed by atoms with van der Waals surface area (Å²) in [6, 6.07) is 12.0. The van der Waals surface area contributed by atoms with Gasteiger partial charge in [-0.25, -0.2) is 0 Å². The maximum Gasteiger partial charge on any atom is 0.119 e. The Hall–Kier alpha value is -1.96. The van der Waals surface area contributed by atoms with Crippen molar-refractivity contribution in [3.05, 3.63) is 58.7 Å². The molecule has 2 rings (SSSR count). The molecule has 2 N–H and O–H groups in total. The number of phenolic OH excluding ortho intramolecular Hbond substituents is 2. The molecule has 0 saturated heterocycles. The van der Waals surface area contributed by atoms with Crippen molar-refractivity contribution in [2.24, 2.45) is 5.92 Å². The summed E-state index contributed by atoms with van der Waals surface area (Å²) in [6.45, 7) is 12.9. The van der Waals surface area contributed by atoms with Crippen LogP contribution in [-0.2, 0) is 0 Å². The zero-order valence-electron chi connectivity index (χ0n) is 16.4. The second-order valence-corrected chi connectivity index (χ2v) is 8.13. The highest BCUT2D eigenvalue weighted by Crippen LogP contribution is 2.38. The molecule has 0 saturated carbocycles.